The number of rotatable bonds is 6. The Morgan fingerprint density at radius 2 is 2.13 bits per heavy atom. The van der Waals surface area contributed by atoms with Crippen molar-refractivity contribution >= 4 is 23.7 Å². The van der Waals surface area contributed by atoms with Crippen LogP contribution in [0, 0.1) is 6.92 Å². The van der Waals surface area contributed by atoms with Gasteiger partial charge in [0.1, 0.15) is 10.9 Å². The third-order valence-corrected chi connectivity index (χ3v) is 3.72. The van der Waals surface area contributed by atoms with Crippen molar-refractivity contribution in [2.75, 3.05) is 0 Å². The second-order valence-corrected chi connectivity index (χ2v) is 5.47. The number of unbranched alkanes of at least 4 members (excludes halogenated alkanes) is 1. The van der Waals surface area contributed by atoms with E-state index < -0.39 is 0 Å². The molecule has 2 rings (SSSR count). The molecule has 0 atom stereocenters. The smallest absolute Gasteiger partial charge is 0.271 e. The lowest BCUT2D eigenvalue weighted by Crippen LogP contribution is -2.17. The molecule has 0 fully saturated rings. The standard InChI is InChI=1S/C16H19ClN4O2/c1-3-4-9-21-15(17)14(11(2)20-21)10-18-19-16(23)12-5-7-13(22)8-6-12/h5-8,10,22H,3-4,9H2,1-2H3,(H,19,23)/b18-10-. The molecule has 6 nitrogen and oxygen atoms in total. The molecule has 0 radical (unpaired) electrons. The Bertz CT molecular complexity index is 708. The minimum Gasteiger partial charge on any atom is -0.508 e. The number of aromatic hydroxyl groups is 1. The van der Waals surface area contributed by atoms with Gasteiger partial charge in [-0.1, -0.05) is 24.9 Å². The summed E-state index contributed by atoms with van der Waals surface area (Å²) >= 11 is 6.28. The molecule has 2 aromatic rings. The van der Waals surface area contributed by atoms with Gasteiger partial charge in [0.2, 0.25) is 0 Å². The van der Waals surface area contributed by atoms with Gasteiger partial charge in [-0.3, -0.25) is 9.48 Å². The first-order valence-corrected chi connectivity index (χ1v) is 7.76. The lowest BCUT2D eigenvalue weighted by atomic mass is 10.2. The van der Waals surface area contributed by atoms with Crippen LogP contribution < -0.4 is 5.43 Å². The summed E-state index contributed by atoms with van der Waals surface area (Å²) in [5.41, 5.74) is 4.28. The zero-order chi connectivity index (χ0) is 16.8. The van der Waals surface area contributed by atoms with E-state index in [1.54, 1.807) is 4.68 Å². The van der Waals surface area contributed by atoms with Crippen LogP contribution in [0.25, 0.3) is 0 Å². The lowest BCUT2D eigenvalue weighted by Gasteiger charge is -2.01. The van der Waals surface area contributed by atoms with Gasteiger partial charge in [0.25, 0.3) is 5.91 Å². The third kappa shape index (κ3) is 4.32. The number of nitrogens with one attached hydrogen (secondary N) is 1. The van der Waals surface area contributed by atoms with E-state index in [2.05, 4.69) is 22.5 Å². The molecule has 1 heterocycles. The molecular formula is C16H19ClN4O2. The maximum Gasteiger partial charge on any atom is 0.271 e. The minimum absolute atomic E-state index is 0.104. The monoisotopic (exact) mass is 334 g/mol. The summed E-state index contributed by atoms with van der Waals surface area (Å²) in [5, 5.41) is 18.0. The molecule has 0 aliphatic carbocycles. The molecule has 122 valence electrons. The number of phenols is 1. The van der Waals surface area contributed by atoms with Crippen LogP contribution in [0.1, 0.15) is 41.4 Å². The number of hydrazone groups is 1. The van der Waals surface area contributed by atoms with Crippen LogP contribution in [0.5, 0.6) is 5.75 Å². The Hall–Kier alpha value is -2.34. The molecule has 1 amide bonds. The van der Waals surface area contributed by atoms with E-state index in [1.165, 1.54) is 30.5 Å². The molecule has 0 aliphatic heterocycles. The summed E-state index contributed by atoms with van der Waals surface area (Å²) in [6, 6.07) is 5.91. The van der Waals surface area contributed by atoms with E-state index in [1.807, 2.05) is 6.92 Å². The van der Waals surface area contributed by atoms with Gasteiger partial charge >= 0.3 is 0 Å². The Kier molecular flexibility index (Phi) is 5.76. The number of phenolic OH excluding ortho intramolecular Hbond substituents is 1. The number of carbonyl (C=O) groups excluding carboxylic acids is 1. The van der Waals surface area contributed by atoms with Crippen LogP contribution in [0.2, 0.25) is 5.15 Å². The fourth-order valence-electron chi connectivity index (χ4n) is 2.00. The maximum absolute atomic E-state index is 11.9. The number of hydrogen-bond donors (Lipinski definition) is 2. The summed E-state index contributed by atoms with van der Waals surface area (Å²) in [6.07, 6.45) is 3.54. The van der Waals surface area contributed by atoms with E-state index in [4.69, 9.17) is 11.6 Å². The SMILES string of the molecule is CCCCn1nc(C)c(/C=N\NC(=O)c2ccc(O)cc2)c1Cl. The zero-order valence-corrected chi connectivity index (χ0v) is 13.8. The number of halogens is 1. The summed E-state index contributed by atoms with van der Waals surface area (Å²) < 4.78 is 1.74. The quantitative estimate of drug-likeness (QED) is 0.629. The highest BCUT2D eigenvalue weighted by Gasteiger charge is 2.11. The Labute approximate surface area is 139 Å². The van der Waals surface area contributed by atoms with Crippen LogP contribution in [0.4, 0.5) is 0 Å². The molecule has 0 unspecified atom stereocenters. The van der Waals surface area contributed by atoms with Crippen molar-refractivity contribution in [2.24, 2.45) is 5.10 Å². The molecule has 0 saturated heterocycles. The molecule has 1 aromatic heterocycles. The maximum atomic E-state index is 11.9. The van der Waals surface area contributed by atoms with E-state index in [0.717, 1.165) is 25.1 Å². The van der Waals surface area contributed by atoms with Gasteiger partial charge in [0.05, 0.1) is 17.5 Å². The van der Waals surface area contributed by atoms with Crippen molar-refractivity contribution in [3.63, 3.8) is 0 Å². The summed E-state index contributed by atoms with van der Waals surface area (Å²) in [5.74, 6) is -0.264. The van der Waals surface area contributed by atoms with Crippen LogP contribution in [0.3, 0.4) is 0 Å². The molecule has 0 aliphatic rings. The van der Waals surface area contributed by atoms with E-state index in [9.17, 15) is 9.90 Å². The largest absolute Gasteiger partial charge is 0.508 e. The van der Waals surface area contributed by atoms with E-state index in [0.29, 0.717) is 16.3 Å². The van der Waals surface area contributed by atoms with Crippen molar-refractivity contribution < 1.29 is 9.90 Å². The fourth-order valence-corrected chi connectivity index (χ4v) is 2.31. The summed E-state index contributed by atoms with van der Waals surface area (Å²) in [7, 11) is 0. The van der Waals surface area contributed by atoms with Gasteiger partial charge in [-0.15, -0.1) is 0 Å². The topological polar surface area (TPSA) is 79.5 Å². The molecule has 2 N–H and O–H groups in total. The number of amides is 1. The molecular weight excluding hydrogens is 316 g/mol. The number of hydrogen-bond acceptors (Lipinski definition) is 4. The first-order chi connectivity index (χ1) is 11.0. The van der Waals surface area contributed by atoms with E-state index >= 15 is 0 Å². The average Bonchev–Trinajstić information content (AvgIpc) is 2.80. The van der Waals surface area contributed by atoms with Gasteiger partial charge in [0, 0.05) is 12.1 Å². The van der Waals surface area contributed by atoms with Crippen molar-refractivity contribution in [1.29, 1.82) is 0 Å². The third-order valence-electron chi connectivity index (χ3n) is 3.32. The van der Waals surface area contributed by atoms with E-state index in [-0.39, 0.29) is 11.7 Å². The minimum atomic E-state index is -0.367. The molecule has 1 aromatic carbocycles. The highest BCUT2D eigenvalue weighted by Crippen LogP contribution is 2.18. The van der Waals surface area contributed by atoms with Crippen molar-refractivity contribution in [2.45, 2.75) is 33.2 Å². The van der Waals surface area contributed by atoms with Gasteiger partial charge in [-0.25, -0.2) is 5.43 Å². The molecule has 0 bridgehead atoms. The molecule has 7 heteroatoms. The Morgan fingerprint density at radius 1 is 1.43 bits per heavy atom. The average molecular weight is 335 g/mol. The van der Waals surface area contributed by atoms with Crippen molar-refractivity contribution in [3.8, 4) is 5.75 Å². The summed E-state index contributed by atoms with van der Waals surface area (Å²) in [4.78, 5) is 11.9. The number of aromatic nitrogens is 2. The highest BCUT2D eigenvalue weighted by molar-refractivity contribution is 6.32. The van der Waals surface area contributed by atoms with Gasteiger partial charge in [-0.05, 0) is 37.6 Å². The molecule has 0 spiro atoms. The second-order valence-electron chi connectivity index (χ2n) is 5.11. The number of benzene rings is 1. The predicted octanol–water partition coefficient (Wildman–Crippen LogP) is 3.11. The van der Waals surface area contributed by atoms with Crippen molar-refractivity contribution in [3.05, 3.63) is 46.2 Å². The number of carbonyl (C=O) groups is 1. The van der Waals surface area contributed by atoms with Crippen LogP contribution in [-0.2, 0) is 6.54 Å². The molecule has 23 heavy (non-hydrogen) atoms. The second kappa shape index (κ2) is 7.78. The van der Waals surface area contributed by atoms with Gasteiger partial charge < -0.3 is 5.11 Å². The number of nitrogens with zero attached hydrogens (tertiary/aromatic N) is 3. The van der Waals surface area contributed by atoms with Gasteiger partial charge in [0.15, 0.2) is 0 Å². The number of aryl methyl sites for hydroxylation is 2. The lowest BCUT2D eigenvalue weighted by molar-refractivity contribution is 0.0955. The van der Waals surface area contributed by atoms with Crippen LogP contribution in [0.15, 0.2) is 29.4 Å². The Balaban J connectivity index is 2.04. The zero-order valence-electron chi connectivity index (χ0n) is 13.1. The highest BCUT2D eigenvalue weighted by atomic mass is 35.5. The van der Waals surface area contributed by atoms with Gasteiger partial charge in [-0.2, -0.15) is 10.2 Å². The first-order valence-electron chi connectivity index (χ1n) is 7.38. The first kappa shape index (κ1) is 17.0. The fraction of sp³-hybridized carbons (Fsp3) is 0.312. The van der Waals surface area contributed by atoms with Crippen LogP contribution >= 0.6 is 11.6 Å². The normalized spacial score (nSPS) is 11.1. The predicted molar refractivity (Wildman–Crippen MR) is 90.0 cm³/mol. The van der Waals surface area contributed by atoms with Crippen LogP contribution in [-0.4, -0.2) is 27.0 Å². The molecule has 0 saturated carbocycles. The summed E-state index contributed by atoms with van der Waals surface area (Å²) in [6.45, 7) is 4.70. The van der Waals surface area contributed by atoms with Crippen molar-refractivity contribution in [1.82, 2.24) is 15.2 Å². The Morgan fingerprint density at radius 3 is 2.78 bits per heavy atom.